The van der Waals surface area contributed by atoms with E-state index in [1.54, 1.807) is 5.56 Å². The van der Waals surface area contributed by atoms with E-state index >= 15 is 0 Å². The summed E-state index contributed by atoms with van der Waals surface area (Å²) in [5, 5.41) is 3.79. The Morgan fingerprint density at radius 1 is 1.33 bits per heavy atom. The van der Waals surface area contributed by atoms with Gasteiger partial charge in [-0.3, -0.25) is 4.90 Å². The molecular formula is C18H32N2S. The summed E-state index contributed by atoms with van der Waals surface area (Å²) in [4.78, 5) is 5.69. The number of rotatable bonds is 5. The predicted octanol–water partition coefficient (Wildman–Crippen LogP) is 4.52. The van der Waals surface area contributed by atoms with E-state index in [1.165, 1.54) is 29.1 Å². The summed E-state index contributed by atoms with van der Waals surface area (Å²) in [7, 11) is 0. The van der Waals surface area contributed by atoms with Crippen LogP contribution >= 0.6 is 11.3 Å². The largest absolute Gasteiger partial charge is 0.311 e. The van der Waals surface area contributed by atoms with Gasteiger partial charge in [0.05, 0.1) is 0 Å². The van der Waals surface area contributed by atoms with Crippen molar-refractivity contribution in [2.45, 2.75) is 72.5 Å². The van der Waals surface area contributed by atoms with Crippen LogP contribution < -0.4 is 5.32 Å². The molecule has 2 nitrogen and oxygen atoms in total. The minimum Gasteiger partial charge on any atom is -0.311 e. The lowest BCUT2D eigenvalue weighted by Crippen LogP contribution is -2.58. The highest BCUT2D eigenvalue weighted by Crippen LogP contribution is 2.33. The molecule has 4 unspecified atom stereocenters. The van der Waals surface area contributed by atoms with E-state index in [2.05, 4.69) is 57.8 Å². The van der Waals surface area contributed by atoms with Crippen molar-refractivity contribution in [3.05, 3.63) is 21.4 Å². The molecule has 2 rings (SSSR count). The average molecular weight is 309 g/mol. The Hall–Kier alpha value is -0.380. The Bertz CT molecular complexity index is 454. The maximum Gasteiger partial charge on any atom is 0.0335 e. The lowest BCUT2D eigenvalue weighted by molar-refractivity contribution is 0.0705. The van der Waals surface area contributed by atoms with Crippen LogP contribution in [0.25, 0.3) is 0 Å². The smallest absolute Gasteiger partial charge is 0.0335 e. The molecule has 0 spiro atoms. The van der Waals surface area contributed by atoms with E-state index in [1.807, 2.05) is 11.3 Å². The molecule has 0 saturated carbocycles. The van der Waals surface area contributed by atoms with Crippen LogP contribution in [0.15, 0.2) is 6.07 Å². The molecule has 0 radical (unpaired) electrons. The monoisotopic (exact) mass is 308 g/mol. The molecule has 0 aliphatic carbocycles. The van der Waals surface area contributed by atoms with Crippen molar-refractivity contribution < 1.29 is 0 Å². The van der Waals surface area contributed by atoms with E-state index < -0.39 is 0 Å². The number of thiophene rings is 1. The van der Waals surface area contributed by atoms with Crippen LogP contribution in [0.1, 0.15) is 61.9 Å². The van der Waals surface area contributed by atoms with Gasteiger partial charge >= 0.3 is 0 Å². The normalized spacial score (nSPS) is 26.8. The SMILES string of the molecule is CCC(C)C1CN(C(C)c2cc(C)sc2C)C(CC)CN1. The molecule has 120 valence electrons. The average Bonchev–Trinajstić information content (AvgIpc) is 2.83. The molecule has 1 aromatic heterocycles. The second-order valence-electron chi connectivity index (χ2n) is 6.70. The van der Waals surface area contributed by atoms with Crippen molar-refractivity contribution in [1.29, 1.82) is 0 Å². The number of piperazine rings is 1. The molecule has 0 bridgehead atoms. The van der Waals surface area contributed by atoms with E-state index in [4.69, 9.17) is 0 Å². The highest BCUT2D eigenvalue weighted by Gasteiger charge is 2.33. The molecule has 1 saturated heterocycles. The van der Waals surface area contributed by atoms with E-state index in [9.17, 15) is 0 Å². The summed E-state index contributed by atoms with van der Waals surface area (Å²) >= 11 is 1.94. The molecule has 1 N–H and O–H groups in total. The molecule has 0 amide bonds. The topological polar surface area (TPSA) is 15.3 Å². The van der Waals surface area contributed by atoms with Crippen LogP contribution in [0.5, 0.6) is 0 Å². The fourth-order valence-corrected chi connectivity index (χ4v) is 4.62. The second-order valence-corrected chi connectivity index (χ2v) is 8.16. The molecule has 1 aromatic rings. The van der Waals surface area contributed by atoms with Gasteiger partial charge in [-0.2, -0.15) is 0 Å². The number of aryl methyl sites for hydroxylation is 2. The molecule has 3 heteroatoms. The van der Waals surface area contributed by atoms with Crippen LogP contribution in [0, 0.1) is 19.8 Å². The Balaban J connectivity index is 2.18. The van der Waals surface area contributed by atoms with Gasteiger partial charge in [-0.25, -0.2) is 0 Å². The van der Waals surface area contributed by atoms with Gasteiger partial charge in [-0.1, -0.05) is 27.2 Å². The minimum atomic E-state index is 0.536. The van der Waals surface area contributed by atoms with Gasteiger partial charge in [0.25, 0.3) is 0 Å². The first-order valence-electron chi connectivity index (χ1n) is 8.53. The Morgan fingerprint density at radius 2 is 2.05 bits per heavy atom. The predicted molar refractivity (Wildman–Crippen MR) is 94.2 cm³/mol. The lowest BCUT2D eigenvalue weighted by atomic mass is 9.92. The fourth-order valence-electron chi connectivity index (χ4n) is 3.61. The molecule has 4 atom stereocenters. The first-order chi connectivity index (χ1) is 9.97. The van der Waals surface area contributed by atoms with Gasteiger partial charge < -0.3 is 5.32 Å². The van der Waals surface area contributed by atoms with Gasteiger partial charge in [0.1, 0.15) is 0 Å². The van der Waals surface area contributed by atoms with Crippen molar-refractivity contribution in [3.63, 3.8) is 0 Å². The molecule has 1 fully saturated rings. The third kappa shape index (κ3) is 3.69. The first-order valence-corrected chi connectivity index (χ1v) is 9.35. The number of nitrogens with zero attached hydrogens (tertiary/aromatic N) is 1. The molecule has 2 heterocycles. The van der Waals surface area contributed by atoms with Crippen molar-refractivity contribution >= 4 is 11.3 Å². The number of nitrogens with one attached hydrogen (secondary N) is 1. The van der Waals surface area contributed by atoms with E-state index in [0.717, 1.165) is 12.5 Å². The standard InChI is InChI=1S/C18H32N2S/c1-7-12(3)18-11-20(16(8-2)10-19-18)14(5)17-9-13(4)21-15(17)6/h9,12,14,16,18-19H,7-8,10-11H2,1-6H3. The summed E-state index contributed by atoms with van der Waals surface area (Å²) in [5.41, 5.74) is 1.54. The number of hydrogen-bond acceptors (Lipinski definition) is 3. The van der Waals surface area contributed by atoms with Gasteiger partial charge in [-0.15, -0.1) is 11.3 Å². The molecule has 1 aliphatic heterocycles. The van der Waals surface area contributed by atoms with Crippen LogP contribution in [-0.2, 0) is 0 Å². The van der Waals surface area contributed by atoms with Crippen molar-refractivity contribution in [3.8, 4) is 0 Å². The fraction of sp³-hybridized carbons (Fsp3) is 0.778. The zero-order valence-electron chi connectivity index (χ0n) is 14.6. The summed E-state index contributed by atoms with van der Waals surface area (Å²) in [6.45, 7) is 16.2. The van der Waals surface area contributed by atoms with Crippen molar-refractivity contribution in [2.75, 3.05) is 13.1 Å². The summed E-state index contributed by atoms with van der Waals surface area (Å²) in [5.74, 6) is 0.753. The van der Waals surface area contributed by atoms with E-state index in [-0.39, 0.29) is 0 Å². The highest BCUT2D eigenvalue weighted by atomic mass is 32.1. The van der Waals surface area contributed by atoms with Crippen molar-refractivity contribution in [1.82, 2.24) is 10.2 Å². The Morgan fingerprint density at radius 3 is 2.57 bits per heavy atom. The maximum absolute atomic E-state index is 3.79. The summed E-state index contributed by atoms with van der Waals surface area (Å²) < 4.78 is 0. The first kappa shape index (κ1) is 17.0. The van der Waals surface area contributed by atoms with Gasteiger partial charge in [0.2, 0.25) is 0 Å². The van der Waals surface area contributed by atoms with Crippen LogP contribution in [0.4, 0.5) is 0 Å². The van der Waals surface area contributed by atoms with Crippen molar-refractivity contribution in [2.24, 2.45) is 5.92 Å². The Labute approximate surface area is 134 Å². The van der Waals surface area contributed by atoms with Gasteiger partial charge in [0, 0.05) is 41.0 Å². The zero-order chi connectivity index (χ0) is 15.6. The second kappa shape index (κ2) is 7.26. The summed E-state index contributed by atoms with van der Waals surface area (Å²) in [6, 6.07) is 4.24. The summed E-state index contributed by atoms with van der Waals surface area (Å²) in [6.07, 6.45) is 2.49. The third-order valence-corrected chi connectivity index (χ3v) is 6.30. The number of hydrogen-bond donors (Lipinski definition) is 1. The molecular weight excluding hydrogens is 276 g/mol. The van der Waals surface area contributed by atoms with Gasteiger partial charge in [0.15, 0.2) is 0 Å². The van der Waals surface area contributed by atoms with Crippen LogP contribution in [0.3, 0.4) is 0 Å². The van der Waals surface area contributed by atoms with Crippen LogP contribution in [-0.4, -0.2) is 30.1 Å². The van der Waals surface area contributed by atoms with Gasteiger partial charge in [-0.05, 0) is 44.7 Å². The minimum absolute atomic E-state index is 0.536. The zero-order valence-corrected chi connectivity index (χ0v) is 15.4. The van der Waals surface area contributed by atoms with Crippen LogP contribution in [0.2, 0.25) is 0 Å². The highest BCUT2D eigenvalue weighted by molar-refractivity contribution is 7.12. The molecule has 0 aromatic carbocycles. The third-order valence-electron chi connectivity index (χ3n) is 5.32. The van der Waals surface area contributed by atoms with E-state index in [0.29, 0.717) is 18.1 Å². The Kier molecular flexibility index (Phi) is 5.87. The molecule has 1 aliphatic rings. The maximum atomic E-state index is 3.79. The lowest BCUT2D eigenvalue weighted by Gasteiger charge is -2.45. The molecule has 21 heavy (non-hydrogen) atoms. The quantitative estimate of drug-likeness (QED) is 0.860.